The van der Waals surface area contributed by atoms with Crippen LogP contribution in [0.2, 0.25) is 0 Å². The van der Waals surface area contributed by atoms with Gasteiger partial charge in [-0.2, -0.15) is 0 Å². The Morgan fingerprint density at radius 2 is 1.96 bits per heavy atom. The molecule has 0 aliphatic carbocycles. The number of hydrogen-bond donors (Lipinski definition) is 0. The van der Waals surface area contributed by atoms with E-state index >= 15 is 0 Å². The van der Waals surface area contributed by atoms with E-state index in [9.17, 15) is 0 Å². The Morgan fingerprint density at radius 1 is 1.20 bits per heavy atom. The van der Waals surface area contributed by atoms with E-state index in [0.717, 1.165) is 23.7 Å². The molecule has 0 amide bonds. The van der Waals surface area contributed by atoms with Crippen molar-refractivity contribution in [3.63, 3.8) is 0 Å². The number of anilines is 1. The maximum atomic E-state index is 6.08. The summed E-state index contributed by atoms with van der Waals surface area (Å²) >= 11 is 0. The van der Waals surface area contributed by atoms with Gasteiger partial charge in [0.05, 0.1) is 11.2 Å². The molecule has 1 aromatic carbocycles. The number of ether oxygens (including phenoxy) is 1. The van der Waals surface area contributed by atoms with Crippen LogP contribution in [-0.2, 0) is 4.74 Å². The Bertz CT molecular complexity index is 753. The van der Waals surface area contributed by atoms with Crippen LogP contribution in [0, 0.1) is 0 Å². The third kappa shape index (κ3) is 2.53. The van der Waals surface area contributed by atoms with Crippen molar-refractivity contribution >= 4 is 11.6 Å². The lowest BCUT2D eigenvalue weighted by atomic mass is 9.98. The van der Waals surface area contributed by atoms with E-state index in [1.807, 2.05) is 30.5 Å². The molecule has 128 valence electrons. The molecule has 0 N–H and O–H groups in total. The van der Waals surface area contributed by atoms with Gasteiger partial charge in [0.25, 0.3) is 0 Å². The van der Waals surface area contributed by atoms with Crippen LogP contribution in [-0.4, -0.2) is 28.6 Å². The zero-order valence-corrected chi connectivity index (χ0v) is 14.7. The Balaban J connectivity index is 1.84. The average Bonchev–Trinajstić information content (AvgIpc) is 3.15. The Hall–Kier alpha value is -2.62. The molecule has 4 rings (SSSR count). The molecule has 0 saturated carbocycles. The van der Waals surface area contributed by atoms with E-state index in [0.29, 0.717) is 6.61 Å². The van der Waals surface area contributed by atoms with Gasteiger partial charge >= 0.3 is 0 Å². The summed E-state index contributed by atoms with van der Waals surface area (Å²) in [6, 6.07) is 16.6. The number of aliphatic imine (C=N–C) groups is 1. The van der Waals surface area contributed by atoms with E-state index in [-0.39, 0.29) is 17.1 Å². The van der Waals surface area contributed by atoms with Crippen molar-refractivity contribution in [2.75, 3.05) is 11.5 Å². The molecule has 0 spiro atoms. The van der Waals surface area contributed by atoms with Gasteiger partial charge in [-0.05, 0) is 44.5 Å². The van der Waals surface area contributed by atoms with Crippen molar-refractivity contribution in [2.45, 2.75) is 37.4 Å². The predicted molar refractivity (Wildman–Crippen MR) is 101 cm³/mol. The monoisotopic (exact) mass is 333 g/mol. The number of benzene rings is 1. The Labute approximate surface area is 148 Å². The number of hydrogen-bond acceptors (Lipinski definition) is 4. The molecule has 2 aliphatic heterocycles. The van der Waals surface area contributed by atoms with Gasteiger partial charge in [0.2, 0.25) is 5.90 Å². The maximum Gasteiger partial charge on any atom is 0.213 e. The van der Waals surface area contributed by atoms with E-state index in [1.165, 1.54) is 0 Å². The number of pyridine rings is 1. The van der Waals surface area contributed by atoms with Crippen LogP contribution in [0.5, 0.6) is 0 Å². The number of rotatable bonds is 5. The Kier molecular flexibility index (Phi) is 3.64. The van der Waals surface area contributed by atoms with Crippen LogP contribution < -0.4 is 4.90 Å². The number of para-hydroxylation sites is 1. The normalized spacial score (nSPS) is 26.7. The van der Waals surface area contributed by atoms with Crippen molar-refractivity contribution in [2.24, 2.45) is 4.99 Å². The molecule has 2 aromatic rings. The molecule has 2 atom stereocenters. The minimum atomic E-state index is -0.342. The first-order valence-corrected chi connectivity index (χ1v) is 8.68. The van der Waals surface area contributed by atoms with Gasteiger partial charge in [0.1, 0.15) is 18.2 Å². The molecule has 2 aliphatic rings. The highest BCUT2D eigenvalue weighted by Gasteiger charge is 2.69. The van der Waals surface area contributed by atoms with Gasteiger partial charge in [0.15, 0.2) is 0 Å². The molecule has 1 aromatic heterocycles. The van der Waals surface area contributed by atoms with Crippen LogP contribution in [0.1, 0.15) is 32.0 Å². The SMILES string of the molecule is C=CC[C@]1(C2=NC(C)(C)CO2)[C@@H](c2ccccn2)N1c1ccccc1. The zero-order valence-electron chi connectivity index (χ0n) is 14.7. The highest BCUT2D eigenvalue weighted by atomic mass is 16.5. The molecule has 25 heavy (non-hydrogen) atoms. The van der Waals surface area contributed by atoms with E-state index in [1.54, 1.807) is 0 Å². The van der Waals surface area contributed by atoms with Gasteiger partial charge in [-0.3, -0.25) is 4.98 Å². The lowest BCUT2D eigenvalue weighted by molar-refractivity contribution is 0.268. The fourth-order valence-corrected chi connectivity index (χ4v) is 3.76. The lowest BCUT2D eigenvalue weighted by Gasteiger charge is -2.16. The van der Waals surface area contributed by atoms with Crippen molar-refractivity contribution in [3.8, 4) is 0 Å². The van der Waals surface area contributed by atoms with Crippen molar-refractivity contribution in [3.05, 3.63) is 73.1 Å². The molecular formula is C21H23N3O. The molecule has 0 radical (unpaired) electrons. The average molecular weight is 333 g/mol. The first kappa shape index (κ1) is 15.9. The molecule has 3 heterocycles. The van der Waals surface area contributed by atoms with E-state index < -0.39 is 0 Å². The van der Waals surface area contributed by atoms with Crippen LogP contribution in [0.3, 0.4) is 0 Å². The topological polar surface area (TPSA) is 37.5 Å². The van der Waals surface area contributed by atoms with Crippen molar-refractivity contribution < 1.29 is 4.74 Å². The molecule has 0 bridgehead atoms. The third-order valence-electron chi connectivity index (χ3n) is 4.87. The largest absolute Gasteiger partial charge is 0.477 e. The summed E-state index contributed by atoms with van der Waals surface area (Å²) in [5.41, 5.74) is 1.65. The lowest BCUT2D eigenvalue weighted by Crippen LogP contribution is -2.30. The van der Waals surface area contributed by atoms with Crippen LogP contribution in [0.25, 0.3) is 0 Å². The minimum absolute atomic E-state index is 0.0988. The summed E-state index contributed by atoms with van der Waals surface area (Å²) in [6.07, 6.45) is 4.56. The van der Waals surface area contributed by atoms with E-state index in [2.05, 4.69) is 60.6 Å². The summed E-state index contributed by atoms with van der Waals surface area (Å²) in [6.45, 7) is 8.81. The first-order valence-electron chi connectivity index (χ1n) is 8.68. The molecule has 4 nitrogen and oxygen atoms in total. The standard InChI is InChI=1S/C21H23N3O/c1-4-13-21(19-23-20(2,3)15-25-19)18(17-12-8-9-14-22-17)24(21)16-10-6-5-7-11-16/h4-12,14,18H,1,13,15H2,2-3H3/t18-,21-,24?/m1/s1. The second-order valence-electron chi connectivity index (χ2n) is 7.30. The van der Waals surface area contributed by atoms with Gasteiger partial charge in [0, 0.05) is 11.9 Å². The summed E-state index contributed by atoms with van der Waals surface area (Å²) in [5.74, 6) is 0.803. The van der Waals surface area contributed by atoms with Gasteiger partial charge < -0.3 is 9.64 Å². The summed E-state index contributed by atoms with van der Waals surface area (Å²) in [5, 5.41) is 0. The molecule has 1 fully saturated rings. The summed E-state index contributed by atoms with van der Waals surface area (Å²) < 4.78 is 6.08. The molecule has 0 unspecified atom stereocenters. The van der Waals surface area contributed by atoms with E-state index in [4.69, 9.17) is 9.73 Å². The maximum absolute atomic E-state index is 6.08. The fraction of sp³-hybridized carbons (Fsp3) is 0.333. The smallest absolute Gasteiger partial charge is 0.213 e. The second-order valence-corrected chi connectivity index (χ2v) is 7.30. The highest BCUT2D eigenvalue weighted by Crippen LogP contribution is 2.59. The van der Waals surface area contributed by atoms with Crippen molar-refractivity contribution in [1.29, 1.82) is 0 Å². The van der Waals surface area contributed by atoms with Crippen LogP contribution in [0.4, 0.5) is 5.69 Å². The summed E-state index contributed by atoms with van der Waals surface area (Å²) in [7, 11) is 0. The molecular weight excluding hydrogens is 310 g/mol. The fourth-order valence-electron chi connectivity index (χ4n) is 3.76. The quantitative estimate of drug-likeness (QED) is 0.609. The number of aromatic nitrogens is 1. The van der Waals surface area contributed by atoms with Gasteiger partial charge in [-0.25, -0.2) is 4.99 Å². The number of nitrogens with zero attached hydrogens (tertiary/aromatic N) is 3. The minimum Gasteiger partial charge on any atom is -0.477 e. The predicted octanol–water partition coefficient (Wildman–Crippen LogP) is 4.17. The van der Waals surface area contributed by atoms with Crippen LogP contribution in [0.15, 0.2) is 72.4 Å². The Morgan fingerprint density at radius 3 is 2.56 bits per heavy atom. The first-order chi connectivity index (χ1) is 12.1. The molecule has 1 saturated heterocycles. The molecule has 4 heteroatoms. The second kappa shape index (κ2) is 5.73. The summed E-state index contributed by atoms with van der Waals surface area (Å²) in [4.78, 5) is 11.9. The van der Waals surface area contributed by atoms with Crippen LogP contribution >= 0.6 is 0 Å². The third-order valence-corrected chi connectivity index (χ3v) is 4.87. The zero-order chi connectivity index (χ0) is 17.5. The van der Waals surface area contributed by atoms with Gasteiger partial charge in [-0.1, -0.05) is 30.3 Å². The van der Waals surface area contributed by atoms with Gasteiger partial charge in [-0.15, -0.1) is 6.58 Å². The van der Waals surface area contributed by atoms with Crippen molar-refractivity contribution in [1.82, 2.24) is 4.98 Å². The highest BCUT2D eigenvalue weighted by molar-refractivity contribution is 5.99.